The van der Waals surface area contributed by atoms with Gasteiger partial charge in [0.15, 0.2) is 5.65 Å². The van der Waals surface area contributed by atoms with Gasteiger partial charge in [0.2, 0.25) is 11.4 Å². The number of amides is 1. The Kier molecular flexibility index (Phi) is 5.90. The van der Waals surface area contributed by atoms with Crippen molar-refractivity contribution in [2.75, 3.05) is 25.5 Å². The minimum Gasteiger partial charge on any atom is -0.352 e. The van der Waals surface area contributed by atoms with Gasteiger partial charge in [0, 0.05) is 26.8 Å². The normalized spacial score (nSPS) is 14.9. The molecule has 0 saturated heterocycles. The molecule has 1 amide bonds. The highest BCUT2D eigenvalue weighted by Gasteiger charge is 2.32. The largest absolute Gasteiger partial charge is 0.416 e. The molecule has 0 bridgehead atoms. The highest BCUT2D eigenvalue weighted by atomic mass is 32.1. The number of thiazole rings is 1. The lowest BCUT2D eigenvalue weighted by molar-refractivity contribution is -0.137. The first-order valence-electron chi connectivity index (χ1n) is 11.5. The predicted octanol–water partition coefficient (Wildman–Crippen LogP) is 4.85. The molecule has 7 nitrogen and oxygen atoms in total. The predicted molar refractivity (Wildman–Crippen MR) is 130 cm³/mol. The third-order valence-corrected chi connectivity index (χ3v) is 7.68. The van der Waals surface area contributed by atoms with Gasteiger partial charge in [-0.2, -0.15) is 18.2 Å². The van der Waals surface area contributed by atoms with Crippen LogP contribution in [0.15, 0.2) is 29.2 Å². The smallest absolute Gasteiger partial charge is 0.352 e. The van der Waals surface area contributed by atoms with Gasteiger partial charge in [-0.25, -0.2) is 4.98 Å². The molecule has 1 aromatic carbocycles. The molecule has 0 spiro atoms. The molecular formula is C24H24F3N5O2S. The summed E-state index contributed by atoms with van der Waals surface area (Å²) in [4.78, 5) is 37.2. The minimum atomic E-state index is -4.54. The Hall–Kier alpha value is -3.21. The van der Waals surface area contributed by atoms with E-state index in [1.54, 1.807) is 19.0 Å². The van der Waals surface area contributed by atoms with Gasteiger partial charge in [-0.15, -0.1) is 11.3 Å². The van der Waals surface area contributed by atoms with E-state index in [0.29, 0.717) is 23.1 Å². The van der Waals surface area contributed by atoms with Crippen LogP contribution in [-0.2, 0) is 6.18 Å². The summed E-state index contributed by atoms with van der Waals surface area (Å²) < 4.78 is 42.5. The van der Waals surface area contributed by atoms with Gasteiger partial charge in [-0.3, -0.25) is 14.0 Å². The van der Waals surface area contributed by atoms with Crippen LogP contribution in [0.3, 0.4) is 0 Å². The summed E-state index contributed by atoms with van der Waals surface area (Å²) in [7, 11) is 3.45. The Morgan fingerprint density at radius 2 is 2.00 bits per heavy atom. The van der Waals surface area contributed by atoms with Crippen molar-refractivity contribution in [1.29, 1.82) is 0 Å². The van der Waals surface area contributed by atoms with E-state index in [1.165, 1.54) is 29.5 Å². The van der Waals surface area contributed by atoms with Crippen LogP contribution >= 0.6 is 11.3 Å². The fourth-order valence-electron chi connectivity index (χ4n) is 4.71. The van der Waals surface area contributed by atoms with Crippen LogP contribution in [-0.4, -0.2) is 40.9 Å². The van der Waals surface area contributed by atoms with E-state index in [4.69, 9.17) is 0 Å². The zero-order valence-electron chi connectivity index (χ0n) is 19.3. The van der Waals surface area contributed by atoms with Crippen LogP contribution in [0.4, 0.5) is 19.1 Å². The number of carbonyl (C=O) groups is 1. The maximum absolute atomic E-state index is 13.5. The van der Waals surface area contributed by atoms with Crippen LogP contribution in [0.1, 0.15) is 48.0 Å². The summed E-state index contributed by atoms with van der Waals surface area (Å²) in [5, 5.41) is 2.93. The van der Waals surface area contributed by atoms with Crippen molar-refractivity contribution in [3.05, 3.63) is 45.7 Å². The Morgan fingerprint density at radius 3 is 2.69 bits per heavy atom. The van der Waals surface area contributed by atoms with Gasteiger partial charge < -0.3 is 10.2 Å². The number of fused-ring (bicyclic) bond motifs is 5. The number of hydrogen-bond donors (Lipinski definition) is 1. The van der Waals surface area contributed by atoms with Gasteiger partial charge >= 0.3 is 6.18 Å². The molecule has 0 aliphatic heterocycles. The second-order valence-corrected chi connectivity index (χ2v) is 10.2. The number of carbonyl (C=O) groups excluding carboxylic acids is 1. The molecule has 35 heavy (non-hydrogen) atoms. The Balaban J connectivity index is 1.71. The van der Waals surface area contributed by atoms with Crippen molar-refractivity contribution in [1.82, 2.24) is 19.7 Å². The van der Waals surface area contributed by atoms with Crippen LogP contribution in [0.5, 0.6) is 0 Å². The molecule has 1 aliphatic rings. The molecule has 3 aromatic heterocycles. The Labute approximate surface area is 202 Å². The van der Waals surface area contributed by atoms with Crippen molar-refractivity contribution in [2.24, 2.45) is 5.92 Å². The first kappa shape index (κ1) is 23.5. The lowest BCUT2D eigenvalue weighted by Gasteiger charge is -2.13. The van der Waals surface area contributed by atoms with Gasteiger partial charge in [0.05, 0.1) is 21.2 Å². The van der Waals surface area contributed by atoms with Crippen molar-refractivity contribution < 1.29 is 18.0 Å². The first-order chi connectivity index (χ1) is 16.6. The van der Waals surface area contributed by atoms with Crippen LogP contribution in [0.2, 0.25) is 0 Å². The monoisotopic (exact) mass is 503 g/mol. The van der Waals surface area contributed by atoms with Crippen molar-refractivity contribution >= 4 is 49.3 Å². The summed E-state index contributed by atoms with van der Waals surface area (Å²) in [5.74, 6) is 0.327. The summed E-state index contributed by atoms with van der Waals surface area (Å²) >= 11 is 1.10. The second-order valence-electron chi connectivity index (χ2n) is 9.12. The SMILES string of the molecule is CN(C)c1ncc2c(=O)c(C(=O)NCCC3CCCC3)c3sc4ccc(C(F)(F)F)cc4n3c2n1. The molecule has 1 fully saturated rings. The van der Waals surface area contributed by atoms with Gasteiger partial charge in [0.25, 0.3) is 5.91 Å². The molecule has 5 rings (SSSR count). The van der Waals surface area contributed by atoms with E-state index in [-0.39, 0.29) is 26.9 Å². The fraction of sp³-hybridized carbons (Fsp3) is 0.417. The number of anilines is 1. The van der Waals surface area contributed by atoms with E-state index in [0.717, 1.165) is 42.7 Å². The molecule has 3 heterocycles. The molecule has 0 atom stereocenters. The molecular weight excluding hydrogens is 479 g/mol. The van der Waals surface area contributed by atoms with E-state index in [1.807, 2.05) is 0 Å². The summed E-state index contributed by atoms with van der Waals surface area (Å²) in [6.07, 6.45) is 2.30. The Morgan fingerprint density at radius 1 is 1.26 bits per heavy atom. The van der Waals surface area contributed by atoms with Gasteiger partial charge in [-0.05, 0) is 30.5 Å². The van der Waals surface area contributed by atoms with E-state index in [9.17, 15) is 22.8 Å². The molecule has 1 N–H and O–H groups in total. The molecule has 1 saturated carbocycles. The average molecular weight is 504 g/mol. The van der Waals surface area contributed by atoms with Crippen LogP contribution < -0.4 is 15.6 Å². The fourth-order valence-corrected chi connectivity index (χ4v) is 5.87. The molecule has 0 radical (unpaired) electrons. The van der Waals surface area contributed by atoms with Gasteiger partial charge in [0.1, 0.15) is 10.4 Å². The summed E-state index contributed by atoms with van der Waals surface area (Å²) in [6, 6.07) is 3.39. The number of nitrogens with zero attached hydrogens (tertiary/aromatic N) is 4. The molecule has 4 aromatic rings. The number of aromatic nitrogens is 3. The number of benzene rings is 1. The lowest BCUT2D eigenvalue weighted by atomic mass is 10.0. The highest BCUT2D eigenvalue weighted by molar-refractivity contribution is 7.24. The molecule has 11 heteroatoms. The molecule has 1 aliphatic carbocycles. The molecule has 0 unspecified atom stereocenters. The maximum atomic E-state index is 13.5. The second kappa shape index (κ2) is 8.78. The number of hydrogen-bond acceptors (Lipinski definition) is 6. The van der Waals surface area contributed by atoms with Crippen molar-refractivity contribution in [2.45, 2.75) is 38.3 Å². The first-order valence-corrected chi connectivity index (χ1v) is 12.3. The third kappa shape index (κ3) is 4.22. The topological polar surface area (TPSA) is 79.6 Å². The number of pyridine rings is 1. The number of nitrogens with one attached hydrogen (secondary N) is 1. The quantitative estimate of drug-likeness (QED) is 0.421. The zero-order chi connectivity index (χ0) is 24.9. The highest BCUT2D eigenvalue weighted by Crippen LogP contribution is 2.36. The van der Waals surface area contributed by atoms with Crippen molar-refractivity contribution in [3.63, 3.8) is 0 Å². The summed E-state index contributed by atoms with van der Waals surface area (Å²) in [5.41, 5.74) is -1.06. The minimum absolute atomic E-state index is 0.0751. The van der Waals surface area contributed by atoms with E-state index >= 15 is 0 Å². The lowest BCUT2D eigenvalue weighted by Crippen LogP contribution is -2.31. The standard InChI is InChI=1S/C24H24F3N5O2S/c1-31(2)23-29-12-15-19(33)18(21(34)28-10-9-13-5-3-4-6-13)22-32(20(15)30-23)16-11-14(24(25,26)27)7-8-17(16)35-22/h7-8,11-13H,3-6,9-10H2,1-2H3,(H,28,34). The van der Waals surface area contributed by atoms with E-state index < -0.39 is 23.1 Å². The maximum Gasteiger partial charge on any atom is 0.416 e. The third-order valence-electron chi connectivity index (χ3n) is 6.53. The van der Waals surface area contributed by atoms with Gasteiger partial charge in [-0.1, -0.05) is 25.7 Å². The van der Waals surface area contributed by atoms with Crippen LogP contribution in [0, 0.1) is 5.92 Å². The molecule has 184 valence electrons. The zero-order valence-corrected chi connectivity index (χ0v) is 20.1. The average Bonchev–Trinajstić information content (AvgIpc) is 3.45. The number of rotatable bonds is 5. The van der Waals surface area contributed by atoms with E-state index in [2.05, 4.69) is 15.3 Å². The van der Waals surface area contributed by atoms with Crippen molar-refractivity contribution in [3.8, 4) is 0 Å². The number of alkyl halides is 3. The van der Waals surface area contributed by atoms with Crippen LogP contribution in [0.25, 0.3) is 26.1 Å². The number of halogens is 3. The Bertz CT molecular complexity index is 1500. The summed E-state index contributed by atoms with van der Waals surface area (Å²) in [6.45, 7) is 0.437.